The zero-order valence-corrected chi connectivity index (χ0v) is 12.0. The molecule has 0 radical (unpaired) electrons. The van der Waals surface area contributed by atoms with Gasteiger partial charge in [-0.15, -0.1) is 0 Å². The molecule has 0 aliphatic rings. The van der Waals surface area contributed by atoms with Crippen molar-refractivity contribution < 1.29 is 0 Å². The van der Waals surface area contributed by atoms with Crippen LogP contribution in [-0.4, -0.2) is 19.1 Å². The predicted molar refractivity (Wildman–Crippen MR) is 84.7 cm³/mol. The Bertz CT molecular complexity index is 516. The second-order valence-electron chi connectivity index (χ2n) is 4.92. The molecule has 1 atom stereocenters. The third-order valence-electron chi connectivity index (χ3n) is 3.83. The number of hydrogen-bond donors (Lipinski definition) is 1. The summed E-state index contributed by atoms with van der Waals surface area (Å²) in [6, 6.07) is 15.7. The molecule has 2 nitrogen and oxygen atoms in total. The van der Waals surface area contributed by atoms with Crippen LogP contribution in [0, 0.1) is 0 Å². The van der Waals surface area contributed by atoms with E-state index in [1.165, 1.54) is 16.5 Å². The molecule has 0 spiro atoms. The minimum Gasteiger partial charge on any atom is -0.368 e. The third-order valence-corrected chi connectivity index (χ3v) is 3.83. The zero-order chi connectivity index (χ0) is 13.7. The molecule has 2 N–H and O–H groups in total. The van der Waals surface area contributed by atoms with E-state index in [9.17, 15) is 0 Å². The quantitative estimate of drug-likeness (QED) is 0.852. The second kappa shape index (κ2) is 6.58. The van der Waals surface area contributed by atoms with Crippen LogP contribution in [0.3, 0.4) is 0 Å². The number of fused-ring (bicyclic) bond motifs is 1. The van der Waals surface area contributed by atoms with Gasteiger partial charge in [0.1, 0.15) is 0 Å². The Labute approximate surface area is 116 Å². The Morgan fingerprint density at radius 3 is 2.47 bits per heavy atom. The lowest BCUT2D eigenvalue weighted by molar-refractivity contribution is 0.550. The van der Waals surface area contributed by atoms with Crippen molar-refractivity contribution in [1.82, 2.24) is 0 Å². The van der Waals surface area contributed by atoms with Gasteiger partial charge in [-0.05, 0) is 37.8 Å². The van der Waals surface area contributed by atoms with Gasteiger partial charge in [-0.3, -0.25) is 0 Å². The van der Waals surface area contributed by atoms with Crippen molar-refractivity contribution in [3.63, 3.8) is 0 Å². The van der Waals surface area contributed by atoms with Crippen LogP contribution >= 0.6 is 0 Å². The van der Waals surface area contributed by atoms with Gasteiger partial charge in [-0.25, -0.2) is 0 Å². The van der Waals surface area contributed by atoms with E-state index in [0.717, 1.165) is 25.9 Å². The number of benzene rings is 2. The molecule has 0 fully saturated rings. The van der Waals surface area contributed by atoms with E-state index in [2.05, 4.69) is 61.2 Å². The molecule has 0 aliphatic carbocycles. The average Bonchev–Trinajstić information content (AvgIpc) is 2.47. The van der Waals surface area contributed by atoms with E-state index in [0.29, 0.717) is 6.04 Å². The van der Waals surface area contributed by atoms with Crippen LogP contribution in [0.4, 0.5) is 5.69 Å². The number of nitrogens with zero attached hydrogens (tertiary/aromatic N) is 1. The monoisotopic (exact) mass is 256 g/mol. The van der Waals surface area contributed by atoms with Gasteiger partial charge in [-0.1, -0.05) is 43.3 Å². The van der Waals surface area contributed by atoms with Crippen molar-refractivity contribution in [3.8, 4) is 0 Å². The smallest absolute Gasteiger partial charge is 0.0448 e. The molecule has 0 bridgehead atoms. The normalized spacial score (nSPS) is 12.6. The molecule has 0 saturated heterocycles. The van der Waals surface area contributed by atoms with Crippen LogP contribution in [0.25, 0.3) is 10.8 Å². The highest BCUT2D eigenvalue weighted by atomic mass is 15.2. The average molecular weight is 256 g/mol. The maximum Gasteiger partial charge on any atom is 0.0448 e. The van der Waals surface area contributed by atoms with Crippen LogP contribution in [0.15, 0.2) is 42.5 Å². The first kappa shape index (κ1) is 13.9. The highest BCUT2D eigenvalue weighted by molar-refractivity contribution is 5.94. The van der Waals surface area contributed by atoms with Crippen molar-refractivity contribution in [1.29, 1.82) is 0 Å². The van der Waals surface area contributed by atoms with E-state index in [-0.39, 0.29) is 0 Å². The van der Waals surface area contributed by atoms with Crippen molar-refractivity contribution in [2.24, 2.45) is 5.73 Å². The van der Waals surface area contributed by atoms with E-state index in [1.54, 1.807) is 0 Å². The number of rotatable bonds is 6. The molecule has 0 heterocycles. The fourth-order valence-corrected chi connectivity index (χ4v) is 2.86. The molecule has 0 saturated carbocycles. The summed E-state index contributed by atoms with van der Waals surface area (Å²) in [5.41, 5.74) is 7.10. The van der Waals surface area contributed by atoms with Gasteiger partial charge in [0, 0.05) is 23.7 Å². The minimum atomic E-state index is 0.529. The van der Waals surface area contributed by atoms with Crippen molar-refractivity contribution in [2.75, 3.05) is 18.0 Å². The van der Waals surface area contributed by atoms with Gasteiger partial charge >= 0.3 is 0 Å². The summed E-state index contributed by atoms with van der Waals surface area (Å²) in [6.07, 6.45) is 2.18. The third kappa shape index (κ3) is 2.90. The molecule has 19 heavy (non-hydrogen) atoms. The lowest BCUT2D eigenvalue weighted by Crippen LogP contribution is -2.36. The number of nitrogens with two attached hydrogens (primary N) is 1. The molecule has 2 aromatic rings. The molecule has 102 valence electrons. The fraction of sp³-hybridized carbons (Fsp3) is 0.412. The van der Waals surface area contributed by atoms with Gasteiger partial charge in [0.15, 0.2) is 0 Å². The predicted octanol–water partition coefficient (Wildman–Crippen LogP) is 3.79. The van der Waals surface area contributed by atoms with Gasteiger partial charge in [0.05, 0.1) is 0 Å². The largest absolute Gasteiger partial charge is 0.368 e. The van der Waals surface area contributed by atoms with Gasteiger partial charge in [0.25, 0.3) is 0 Å². The summed E-state index contributed by atoms with van der Waals surface area (Å²) >= 11 is 0. The Balaban J connectivity index is 2.45. The first-order chi connectivity index (χ1) is 9.31. The summed E-state index contributed by atoms with van der Waals surface area (Å²) in [5, 5.41) is 2.64. The standard InChI is InChI=1S/C17H24N2/c1-3-15(12-13-18)19(4-2)17-11-7-9-14-8-5-6-10-16(14)17/h5-11,15H,3-4,12-13,18H2,1-2H3. The summed E-state index contributed by atoms with van der Waals surface area (Å²) in [6.45, 7) is 6.24. The van der Waals surface area contributed by atoms with Crippen molar-refractivity contribution in [2.45, 2.75) is 32.7 Å². The van der Waals surface area contributed by atoms with Crippen LogP contribution in [0.1, 0.15) is 26.7 Å². The molecule has 0 aliphatic heterocycles. The highest BCUT2D eigenvalue weighted by Crippen LogP contribution is 2.29. The summed E-state index contributed by atoms with van der Waals surface area (Å²) in [7, 11) is 0. The first-order valence-electron chi connectivity index (χ1n) is 7.26. The number of anilines is 1. The van der Waals surface area contributed by atoms with Crippen LogP contribution in [-0.2, 0) is 0 Å². The first-order valence-corrected chi connectivity index (χ1v) is 7.26. The molecular weight excluding hydrogens is 232 g/mol. The maximum absolute atomic E-state index is 5.76. The van der Waals surface area contributed by atoms with E-state index < -0.39 is 0 Å². The van der Waals surface area contributed by atoms with Crippen molar-refractivity contribution in [3.05, 3.63) is 42.5 Å². The number of hydrogen-bond acceptors (Lipinski definition) is 2. The lowest BCUT2D eigenvalue weighted by Gasteiger charge is -2.33. The molecule has 2 heteroatoms. The fourth-order valence-electron chi connectivity index (χ4n) is 2.86. The Hall–Kier alpha value is -1.54. The van der Waals surface area contributed by atoms with Gasteiger partial charge < -0.3 is 10.6 Å². The molecule has 2 rings (SSSR count). The zero-order valence-electron chi connectivity index (χ0n) is 12.0. The Morgan fingerprint density at radius 2 is 1.79 bits per heavy atom. The molecule has 0 aromatic heterocycles. The Kier molecular flexibility index (Phi) is 4.80. The molecule has 1 unspecified atom stereocenters. The van der Waals surface area contributed by atoms with Crippen molar-refractivity contribution >= 4 is 16.5 Å². The van der Waals surface area contributed by atoms with Gasteiger partial charge in [0.2, 0.25) is 0 Å². The van der Waals surface area contributed by atoms with Crippen LogP contribution in [0.5, 0.6) is 0 Å². The SMILES string of the molecule is CCC(CCN)N(CC)c1cccc2ccccc12. The molecule has 0 amide bonds. The van der Waals surface area contributed by atoms with Crippen LogP contribution < -0.4 is 10.6 Å². The van der Waals surface area contributed by atoms with Gasteiger partial charge in [-0.2, -0.15) is 0 Å². The topological polar surface area (TPSA) is 29.3 Å². The molecular formula is C17H24N2. The highest BCUT2D eigenvalue weighted by Gasteiger charge is 2.16. The maximum atomic E-state index is 5.76. The Morgan fingerprint density at radius 1 is 1.05 bits per heavy atom. The summed E-state index contributed by atoms with van der Waals surface area (Å²) in [5.74, 6) is 0. The van der Waals surface area contributed by atoms with Crippen LogP contribution in [0.2, 0.25) is 0 Å². The van der Waals surface area contributed by atoms with E-state index >= 15 is 0 Å². The second-order valence-corrected chi connectivity index (χ2v) is 4.92. The summed E-state index contributed by atoms with van der Waals surface area (Å²) < 4.78 is 0. The molecule has 2 aromatic carbocycles. The van der Waals surface area contributed by atoms with E-state index in [1.807, 2.05) is 0 Å². The van der Waals surface area contributed by atoms with E-state index in [4.69, 9.17) is 5.73 Å². The lowest BCUT2D eigenvalue weighted by atomic mass is 10.0. The minimum absolute atomic E-state index is 0.529. The summed E-state index contributed by atoms with van der Waals surface area (Å²) in [4.78, 5) is 2.50.